The number of H-pyrrole nitrogens is 1. The Bertz CT molecular complexity index is 824. The quantitative estimate of drug-likeness (QED) is 0.755. The van der Waals surface area contributed by atoms with E-state index in [1.54, 1.807) is 6.26 Å². The number of primary amides is 1. The van der Waals surface area contributed by atoms with E-state index in [-0.39, 0.29) is 11.2 Å². The Morgan fingerprint density at radius 3 is 2.67 bits per heavy atom. The molecule has 0 atom stereocenters. The van der Waals surface area contributed by atoms with Crippen molar-refractivity contribution in [3.63, 3.8) is 0 Å². The van der Waals surface area contributed by atoms with Gasteiger partial charge in [0, 0.05) is 5.41 Å². The molecule has 0 aliphatic rings. The van der Waals surface area contributed by atoms with Gasteiger partial charge in [-0.25, -0.2) is 9.97 Å². The standard InChI is InChI=1S/C15H16N4O2/c1-15(2,3)10-7-21-14(18-10)8-5-4-6-9-11(8)19-13(17-9)12(16)20/h4-7H,1-3H3,(H2,16,20)(H,17,19). The molecule has 0 saturated heterocycles. The molecular weight excluding hydrogens is 268 g/mol. The highest BCUT2D eigenvalue weighted by Gasteiger charge is 2.21. The Kier molecular flexibility index (Phi) is 2.83. The molecule has 6 nitrogen and oxygen atoms in total. The molecule has 0 unspecified atom stereocenters. The summed E-state index contributed by atoms with van der Waals surface area (Å²) in [6.45, 7) is 6.19. The second-order valence-electron chi connectivity index (χ2n) is 5.94. The number of amides is 1. The maximum Gasteiger partial charge on any atom is 0.284 e. The fraction of sp³-hybridized carbons (Fsp3) is 0.267. The van der Waals surface area contributed by atoms with Gasteiger partial charge in [0.25, 0.3) is 5.91 Å². The summed E-state index contributed by atoms with van der Waals surface area (Å²) in [5.74, 6) is 0.00744. The highest BCUT2D eigenvalue weighted by atomic mass is 16.3. The third-order valence-electron chi connectivity index (χ3n) is 3.25. The second-order valence-corrected chi connectivity index (χ2v) is 5.94. The van der Waals surface area contributed by atoms with Crippen LogP contribution in [0.25, 0.3) is 22.5 Å². The van der Waals surface area contributed by atoms with E-state index in [0.717, 1.165) is 16.8 Å². The lowest BCUT2D eigenvalue weighted by Gasteiger charge is -2.12. The Labute approximate surface area is 121 Å². The van der Waals surface area contributed by atoms with Crippen molar-refractivity contribution in [3.05, 3.63) is 36.0 Å². The Hall–Kier alpha value is -2.63. The molecule has 1 amide bonds. The molecule has 3 N–H and O–H groups in total. The number of hydrogen-bond donors (Lipinski definition) is 2. The first-order chi connectivity index (χ1) is 9.86. The predicted octanol–water partition coefficient (Wildman–Crippen LogP) is 2.61. The van der Waals surface area contributed by atoms with Gasteiger partial charge < -0.3 is 15.1 Å². The van der Waals surface area contributed by atoms with E-state index in [0.29, 0.717) is 11.4 Å². The molecule has 6 heteroatoms. The Morgan fingerprint density at radius 1 is 1.29 bits per heavy atom. The van der Waals surface area contributed by atoms with Crippen molar-refractivity contribution in [2.24, 2.45) is 5.73 Å². The van der Waals surface area contributed by atoms with E-state index in [4.69, 9.17) is 10.2 Å². The monoisotopic (exact) mass is 284 g/mol. The SMILES string of the molecule is CC(C)(C)c1coc(-c2cccc3[nH]c(C(N)=O)nc23)n1. The summed E-state index contributed by atoms with van der Waals surface area (Å²) >= 11 is 0. The minimum atomic E-state index is -0.597. The van der Waals surface area contributed by atoms with Crippen LogP contribution in [0.3, 0.4) is 0 Å². The Balaban J connectivity index is 2.16. The van der Waals surface area contributed by atoms with Crippen molar-refractivity contribution in [2.75, 3.05) is 0 Å². The van der Waals surface area contributed by atoms with Crippen LogP contribution in [0.2, 0.25) is 0 Å². The number of aromatic amines is 1. The van der Waals surface area contributed by atoms with Gasteiger partial charge in [0.15, 0.2) is 5.82 Å². The summed E-state index contributed by atoms with van der Waals surface area (Å²) in [7, 11) is 0. The van der Waals surface area contributed by atoms with Crippen LogP contribution in [0.4, 0.5) is 0 Å². The van der Waals surface area contributed by atoms with Gasteiger partial charge in [-0.2, -0.15) is 0 Å². The van der Waals surface area contributed by atoms with Crippen LogP contribution in [0.1, 0.15) is 37.1 Å². The van der Waals surface area contributed by atoms with Gasteiger partial charge in [-0.05, 0) is 12.1 Å². The average molecular weight is 284 g/mol. The maximum absolute atomic E-state index is 11.2. The van der Waals surface area contributed by atoms with E-state index in [1.807, 2.05) is 18.2 Å². The molecule has 2 aromatic heterocycles. The molecule has 0 aliphatic heterocycles. The molecule has 0 spiro atoms. The summed E-state index contributed by atoms with van der Waals surface area (Å²) in [6.07, 6.45) is 1.65. The summed E-state index contributed by atoms with van der Waals surface area (Å²) in [6, 6.07) is 5.53. The van der Waals surface area contributed by atoms with Crippen LogP contribution in [-0.4, -0.2) is 20.9 Å². The van der Waals surface area contributed by atoms with Gasteiger partial charge in [-0.1, -0.05) is 26.8 Å². The van der Waals surface area contributed by atoms with Gasteiger partial charge in [0.05, 0.1) is 16.8 Å². The number of benzene rings is 1. The third kappa shape index (κ3) is 2.29. The molecule has 108 valence electrons. The largest absolute Gasteiger partial charge is 0.444 e. The topological polar surface area (TPSA) is 97.8 Å². The minimum Gasteiger partial charge on any atom is -0.444 e. The minimum absolute atomic E-state index is 0.0976. The van der Waals surface area contributed by atoms with Gasteiger partial charge >= 0.3 is 0 Å². The van der Waals surface area contributed by atoms with E-state index in [9.17, 15) is 4.79 Å². The van der Waals surface area contributed by atoms with Crippen LogP contribution in [0.15, 0.2) is 28.9 Å². The first-order valence-electron chi connectivity index (χ1n) is 6.61. The molecule has 3 aromatic rings. The molecule has 0 radical (unpaired) electrons. The van der Waals surface area contributed by atoms with Gasteiger partial charge in [0.1, 0.15) is 11.8 Å². The van der Waals surface area contributed by atoms with Crippen molar-refractivity contribution in [1.82, 2.24) is 15.0 Å². The van der Waals surface area contributed by atoms with Crippen molar-refractivity contribution in [1.29, 1.82) is 0 Å². The molecule has 0 saturated carbocycles. The van der Waals surface area contributed by atoms with Gasteiger partial charge in [0.2, 0.25) is 5.89 Å². The first-order valence-corrected chi connectivity index (χ1v) is 6.61. The normalized spacial score (nSPS) is 12.0. The van der Waals surface area contributed by atoms with Crippen LogP contribution in [0, 0.1) is 0 Å². The number of oxazole rings is 1. The number of aromatic nitrogens is 3. The first kappa shape index (κ1) is 13.4. The lowest BCUT2D eigenvalue weighted by Crippen LogP contribution is -2.12. The lowest BCUT2D eigenvalue weighted by molar-refractivity contribution is 0.0991. The van der Waals surface area contributed by atoms with Crippen molar-refractivity contribution < 1.29 is 9.21 Å². The van der Waals surface area contributed by atoms with Crippen molar-refractivity contribution in [3.8, 4) is 11.5 Å². The van der Waals surface area contributed by atoms with Crippen LogP contribution >= 0.6 is 0 Å². The highest BCUT2D eigenvalue weighted by Crippen LogP contribution is 2.29. The van der Waals surface area contributed by atoms with E-state index in [1.165, 1.54) is 0 Å². The molecule has 3 rings (SSSR count). The van der Waals surface area contributed by atoms with Crippen LogP contribution < -0.4 is 5.73 Å². The fourth-order valence-electron chi connectivity index (χ4n) is 2.06. The highest BCUT2D eigenvalue weighted by molar-refractivity contribution is 5.96. The number of carbonyl (C=O) groups is 1. The molecule has 0 aliphatic carbocycles. The third-order valence-corrected chi connectivity index (χ3v) is 3.25. The molecule has 2 heterocycles. The zero-order valence-corrected chi connectivity index (χ0v) is 12.1. The Morgan fingerprint density at radius 2 is 2.05 bits per heavy atom. The average Bonchev–Trinajstić information content (AvgIpc) is 3.04. The number of nitrogens with zero attached hydrogens (tertiary/aromatic N) is 2. The smallest absolute Gasteiger partial charge is 0.284 e. The molecule has 0 fully saturated rings. The molecule has 21 heavy (non-hydrogen) atoms. The predicted molar refractivity (Wildman–Crippen MR) is 78.8 cm³/mol. The fourth-order valence-corrected chi connectivity index (χ4v) is 2.06. The van der Waals surface area contributed by atoms with Gasteiger partial charge in [-0.3, -0.25) is 4.79 Å². The summed E-state index contributed by atoms with van der Waals surface area (Å²) in [5.41, 5.74) is 8.09. The number of imidazole rings is 1. The number of para-hydroxylation sites is 1. The number of carbonyl (C=O) groups excluding carboxylic acids is 1. The van der Waals surface area contributed by atoms with Gasteiger partial charge in [-0.15, -0.1) is 0 Å². The summed E-state index contributed by atoms with van der Waals surface area (Å²) < 4.78 is 5.57. The molecule has 0 bridgehead atoms. The number of rotatable bonds is 2. The second kappa shape index (κ2) is 4.44. The lowest BCUT2D eigenvalue weighted by atomic mass is 9.93. The van der Waals surface area contributed by atoms with E-state index in [2.05, 4.69) is 35.7 Å². The van der Waals surface area contributed by atoms with Crippen LogP contribution in [0.5, 0.6) is 0 Å². The number of nitrogens with two attached hydrogens (primary N) is 1. The van der Waals surface area contributed by atoms with Crippen LogP contribution in [-0.2, 0) is 5.41 Å². The van der Waals surface area contributed by atoms with E-state index < -0.39 is 5.91 Å². The maximum atomic E-state index is 11.2. The molecular formula is C15H16N4O2. The number of nitrogens with one attached hydrogen (secondary N) is 1. The zero-order valence-electron chi connectivity index (χ0n) is 12.1. The van der Waals surface area contributed by atoms with Crippen molar-refractivity contribution >= 4 is 16.9 Å². The van der Waals surface area contributed by atoms with E-state index >= 15 is 0 Å². The molecule has 1 aromatic carbocycles. The summed E-state index contributed by atoms with van der Waals surface area (Å²) in [4.78, 5) is 22.9. The number of fused-ring (bicyclic) bond motifs is 1. The summed E-state index contributed by atoms with van der Waals surface area (Å²) in [5, 5.41) is 0. The zero-order chi connectivity index (χ0) is 15.2. The van der Waals surface area contributed by atoms with Crippen molar-refractivity contribution in [2.45, 2.75) is 26.2 Å². The number of hydrogen-bond acceptors (Lipinski definition) is 4.